The maximum absolute atomic E-state index is 5.07. The van der Waals surface area contributed by atoms with Gasteiger partial charge in [0.2, 0.25) is 0 Å². The van der Waals surface area contributed by atoms with Crippen molar-refractivity contribution in [2.75, 3.05) is 28.2 Å². The molecular formula is C7H13Cl3N2S4. The lowest BCUT2D eigenvalue weighted by molar-refractivity contribution is 0.647. The lowest BCUT2D eigenvalue weighted by Crippen LogP contribution is -2.18. The van der Waals surface area contributed by atoms with E-state index >= 15 is 0 Å². The van der Waals surface area contributed by atoms with Crippen molar-refractivity contribution in [3.63, 3.8) is 0 Å². The van der Waals surface area contributed by atoms with Gasteiger partial charge in [-0.3, -0.25) is 0 Å². The third kappa shape index (κ3) is 15.4. The summed E-state index contributed by atoms with van der Waals surface area (Å²) < 4.78 is 0.924. The van der Waals surface area contributed by atoms with Gasteiger partial charge in [0, 0.05) is 28.2 Å². The van der Waals surface area contributed by atoms with Crippen LogP contribution in [0.4, 0.5) is 0 Å². The highest BCUT2D eigenvalue weighted by Gasteiger charge is 2.04. The number of hydrogen-bond donors (Lipinski definition) is 0. The average molecular weight is 360 g/mol. The third-order valence-corrected chi connectivity index (χ3v) is 5.07. The Morgan fingerprint density at radius 1 is 0.875 bits per heavy atom. The fraction of sp³-hybridized carbons (Fsp3) is 0.714. The topological polar surface area (TPSA) is 6.48 Å². The van der Waals surface area contributed by atoms with Crippen molar-refractivity contribution < 1.29 is 0 Å². The zero-order valence-electron chi connectivity index (χ0n) is 9.24. The highest BCUT2D eigenvalue weighted by Crippen LogP contribution is 2.26. The van der Waals surface area contributed by atoms with Gasteiger partial charge in [-0.2, -0.15) is 0 Å². The fourth-order valence-corrected chi connectivity index (χ4v) is 2.60. The van der Waals surface area contributed by atoms with E-state index in [0.717, 1.165) is 8.64 Å². The second kappa shape index (κ2) is 11.4. The Labute approximate surface area is 131 Å². The van der Waals surface area contributed by atoms with Crippen LogP contribution in [-0.2, 0) is 0 Å². The highest BCUT2D eigenvalue weighted by atomic mass is 35.6. The van der Waals surface area contributed by atoms with Crippen LogP contribution in [0, 0.1) is 0 Å². The van der Waals surface area contributed by atoms with Gasteiger partial charge in [-0.15, -0.1) is 0 Å². The SMILES string of the molecule is CN(C)C(=S)SSC(=S)N(C)C.ClC(Cl)Cl. The van der Waals surface area contributed by atoms with Crippen molar-refractivity contribution in [2.45, 2.75) is 4.30 Å². The van der Waals surface area contributed by atoms with E-state index in [9.17, 15) is 0 Å². The molecule has 0 aromatic rings. The molecule has 0 atom stereocenters. The third-order valence-electron chi connectivity index (χ3n) is 0.915. The van der Waals surface area contributed by atoms with E-state index in [1.807, 2.05) is 38.0 Å². The summed E-state index contributed by atoms with van der Waals surface area (Å²) in [5.74, 6) is 0. The predicted octanol–water partition coefficient (Wildman–Crippen LogP) is 4.05. The Morgan fingerprint density at radius 3 is 1.19 bits per heavy atom. The molecule has 0 aliphatic heterocycles. The second-order valence-corrected chi connectivity index (χ2v) is 8.11. The molecule has 0 bridgehead atoms. The summed E-state index contributed by atoms with van der Waals surface area (Å²) in [4.78, 5) is 3.79. The smallest absolute Gasteiger partial charge is 0.180 e. The summed E-state index contributed by atoms with van der Waals surface area (Å²) in [5, 5.41) is 0. The number of nitrogens with zero attached hydrogens (tertiary/aromatic N) is 2. The van der Waals surface area contributed by atoms with Crippen LogP contribution < -0.4 is 0 Å². The zero-order valence-corrected chi connectivity index (χ0v) is 14.8. The quantitative estimate of drug-likeness (QED) is 0.363. The molecule has 0 fully saturated rings. The van der Waals surface area contributed by atoms with Crippen LogP contribution in [0.2, 0.25) is 0 Å². The van der Waals surface area contributed by atoms with Crippen LogP contribution in [-0.4, -0.2) is 50.9 Å². The van der Waals surface area contributed by atoms with E-state index in [-0.39, 0.29) is 0 Å². The van der Waals surface area contributed by atoms with Gasteiger partial charge in [0.1, 0.15) is 8.64 Å². The first kappa shape index (κ1) is 19.7. The van der Waals surface area contributed by atoms with Crippen LogP contribution >= 0.6 is 80.8 Å². The van der Waals surface area contributed by atoms with E-state index in [1.54, 1.807) is 0 Å². The molecule has 0 amide bonds. The molecule has 0 saturated heterocycles. The van der Waals surface area contributed by atoms with Crippen molar-refractivity contribution in [1.29, 1.82) is 0 Å². The molecule has 0 aliphatic rings. The van der Waals surface area contributed by atoms with E-state index in [1.165, 1.54) is 21.6 Å². The maximum atomic E-state index is 5.07. The lowest BCUT2D eigenvalue weighted by Gasteiger charge is -2.15. The lowest BCUT2D eigenvalue weighted by atomic mass is 11.0. The van der Waals surface area contributed by atoms with Crippen LogP contribution in [0.15, 0.2) is 0 Å². The minimum absolute atomic E-state index is 0.750. The first-order chi connectivity index (χ1) is 7.18. The zero-order chi connectivity index (χ0) is 13.3. The Morgan fingerprint density at radius 2 is 1.06 bits per heavy atom. The standard InChI is InChI=1S/C6H12N2S4.CHCl3/c1-7(2)5(9)11-12-6(10)8(3)4;2-1(3)4/h1-4H3;1H. The summed E-state index contributed by atoms with van der Waals surface area (Å²) in [6.45, 7) is 0. The van der Waals surface area contributed by atoms with Crippen molar-refractivity contribution in [3.05, 3.63) is 0 Å². The minimum atomic E-state index is -0.750. The molecule has 0 N–H and O–H groups in total. The first-order valence-corrected chi connectivity index (χ1v) is 8.15. The monoisotopic (exact) mass is 358 g/mol. The number of hydrogen-bond acceptors (Lipinski definition) is 4. The highest BCUT2D eigenvalue weighted by molar-refractivity contribution is 8.89. The Bertz CT molecular complexity index is 201. The number of rotatable bonds is 0. The van der Waals surface area contributed by atoms with E-state index in [4.69, 9.17) is 59.2 Å². The van der Waals surface area contributed by atoms with Crippen molar-refractivity contribution in [1.82, 2.24) is 9.80 Å². The van der Waals surface area contributed by atoms with Crippen LogP contribution in [0.25, 0.3) is 0 Å². The van der Waals surface area contributed by atoms with Crippen LogP contribution in [0.5, 0.6) is 0 Å². The molecule has 0 spiro atoms. The second-order valence-electron chi connectivity index (χ2n) is 2.73. The summed E-state index contributed by atoms with van der Waals surface area (Å²) in [6, 6.07) is 0. The summed E-state index contributed by atoms with van der Waals surface area (Å²) in [6.07, 6.45) is 0. The van der Waals surface area contributed by atoms with Crippen molar-refractivity contribution in [2.24, 2.45) is 0 Å². The number of alkyl halides is 3. The minimum Gasteiger partial charge on any atom is -0.363 e. The Hall–Kier alpha value is 1.35. The first-order valence-electron chi connectivity index (χ1n) is 3.87. The molecule has 0 aromatic heterocycles. The predicted molar refractivity (Wildman–Crippen MR) is 89.1 cm³/mol. The van der Waals surface area contributed by atoms with Crippen molar-refractivity contribution in [3.8, 4) is 0 Å². The molecule has 96 valence electrons. The summed E-state index contributed by atoms with van der Waals surface area (Å²) in [5.41, 5.74) is 0. The van der Waals surface area contributed by atoms with Gasteiger partial charge in [0.25, 0.3) is 0 Å². The number of halogens is 3. The van der Waals surface area contributed by atoms with Gasteiger partial charge in [0.15, 0.2) is 4.30 Å². The molecule has 0 aliphatic carbocycles. The molecule has 0 heterocycles. The van der Waals surface area contributed by atoms with E-state index in [2.05, 4.69) is 0 Å². The average Bonchev–Trinajstić information content (AvgIpc) is 2.12. The molecule has 0 unspecified atom stereocenters. The molecule has 0 aromatic carbocycles. The maximum Gasteiger partial charge on any atom is 0.180 e. The molecule has 9 heteroatoms. The van der Waals surface area contributed by atoms with Gasteiger partial charge >= 0.3 is 0 Å². The summed E-state index contributed by atoms with van der Waals surface area (Å²) in [7, 11) is 10.7. The van der Waals surface area contributed by atoms with E-state index in [0.29, 0.717) is 0 Å². The van der Waals surface area contributed by atoms with Gasteiger partial charge in [-0.1, -0.05) is 59.2 Å². The fourth-order valence-electron chi connectivity index (χ4n) is 0.220. The van der Waals surface area contributed by atoms with Crippen LogP contribution in [0.1, 0.15) is 0 Å². The molecule has 2 nitrogen and oxygen atoms in total. The molecular weight excluding hydrogens is 347 g/mol. The van der Waals surface area contributed by atoms with Gasteiger partial charge < -0.3 is 9.80 Å². The molecule has 0 rings (SSSR count). The molecule has 0 saturated carbocycles. The normalized spacial score (nSPS) is 9.25. The Kier molecular flexibility index (Phi) is 14.1. The Balaban J connectivity index is 0. The number of thiocarbonyl (C=S) groups is 2. The largest absolute Gasteiger partial charge is 0.363 e. The van der Waals surface area contributed by atoms with Crippen LogP contribution in [0.3, 0.4) is 0 Å². The molecule has 0 radical (unpaired) electrons. The van der Waals surface area contributed by atoms with Gasteiger partial charge in [0.05, 0.1) is 0 Å². The van der Waals surface area contributed by atoms with Crippen molar-refractivity contribution >= 4 is 89.5 Å². The van der Waals surface area contributed by atoms with Gasteiger partial charge in [-0.25, -0.2) is 0 Å². The molecule has 16 heavy (non-hydrogen) atoms. The van der Waals surface area contributed by atoms with Gasteiger partial charge in [-0.05, 0) is 21.6 Å². The van der Waals surface area contributed by atoms with E-state index < -0.39 is 4.30 Å². The summed E-state index contributed by atoms with van der Waals surface area (Å²) >= 11 is 24.6.